The second-order valence-corrected chi connectivity index (χ2v) is 6.46. The van der Waals surface area contributed by atoms with E-state index < -0.39 is 0 Å². The summed E-state index contributed by atoms with van der Waals surface area (Å²) in [6, 6.07) is 7.44. The van der Waals surface area contributed by atoms with Crippen LogP contribution in [0.4, 0.5) is 4.39 Å². The van der Waals surface area contributed by atoms with Crippen LogP contribution in [0.2, 0.25) is 0 Å². The third-order valence-electron chi connectivity index (χ3n) is 3.37. The molecule has 0 amide bonds. The van der Waals surface area contributed by atoms with E-state index in [0.29, 0.717) is 12.0 Å². The summed E-state index contributed by atoms with van der Waals surface area (Å²) >= 11 is 0. The Balaban J connectivity index is 2.72. The van der Waals surface area contributed by atoms with Gasteiger partial charge in [0.25, 0.3) is 0 Å². The number of rotatable bonds is 5. The zero-order valence-corrected chi connectivity index (χ0v) is 12.3. The van der Waals surface area contributed by atoms with Gasteiger partial charge in [-0.3, -0.25) is 0 Å². The van der Waals surface area contributed by atoms with Crippen molar-refractivity contribution in [2.75, 3.05) is 6.54 Å². The lowest BCUT2D eigenvalue weighted by Gasteiger charge is -2.32. The standard InChI is InChI=1S/C16H26FN/c1-12(2)18-11-14(16(3,4)5)9-13-7-6-8-15(17)10-13/h6-8,10,12,14,18H,9,11H2,1-5H3. The van der Waals surface area contributed by atoms with E-state index in [-0.39, 0.29) is 11.2 Å². The number of hydrogen-bond donors (Lipinski definition) is 1. The fraction of sp³-hybridized carbons (Fsp3) is 0.625. The third-order valence-corrected chi connectivity index (χ3v) is 3.37. The Labute approximate surface area is 111 Å². The van der Waals surface area contributed by atoms with Gasteiger partial charge in [0.05, 0.1) is 0 Å². The second kappa shape index (κ2) is 6.33. The molecule has 1 aromatic carbocycles. The van der Waals surface area contributed by atoms with Gasteiger partial charge < -0.3 is 5.32 Å². The average Bonchev–Trinajstić information content (AvgIpc) is 2.22. The molecule has 0 aliphatic rings. The number of halogens is 1. The molecule has 0 bridgehead atoms. The van der Waals surface area contributed by atoms with Crippen LogP contribution in [-0.2, 0) is 6.42 Å². The molecule has 0 saturated carbocycles. The van der Waals surface area contributed by atoms with Gasteiger partial charge in [0, 0.05) is 6.04 Å². The smallest absolute Gasteiger partial charge is 0.123 e. The highest BCUT2D eigenvalue weighted by molar-refractivity contribution is 5.17. The van der Waals surface area contributed by atoms with Gasteiger partial charge in [-0.2, -0.15) is 0 Å². The molecule has 1 aromatic rings. The topological polar surface area (TPSA) is 12.0 Å². The molecule has 0 spiro atoms. The van der Waals surface area contributed by atoms with Crippen LogP contribution in [0.5, 0.6) is 0 Å². The van der Waals surface area contributed by atoms with Crippen molar-refractivity contribution >= 4 is 0 Å². The maximum Gasteiger partial charge on any atom is 0.123 e. The van der Waals surface area contributed by atoms with E-state index in [2.05, 4.69) is 39.9 Å². The normalized spacial score (nSPS) is 13.9. The van der Waals surface area contributed by atoms with Gasteiger partial charge in [0.15, 0.2) is 0 Å². The molecule has 1 unspecified atom stereocenters. The molecule has 2 heteroatoms. The van der Waals surface area contributed by atoms with Gasteiger partial charge in [0.2, 0.25) is 0 Å². The number of nitrogens with one attached hydrogen (secondary N) is 1. The van der Waals surface area contributed by atoms with E-state index >= 15 is 0 Å². The van der Waals surface area contributed by atoms with Gasteiger partial charge in [-0.1, -0.05) is 46.8 Å². The van der Waals surface area contributed by atoms with Crippen molar-refractivity contribution in [1.29, 1.82) is 0 Å². The Bertz CT molecular complexity index is 366. The summed E-state index contributed by atoms with van der Waals surface area (Å²) in [6.45, 7) is 12.0. The Hall–Kier alpha value is -0.890. The molecule has 1 rings (SSSR count). The lowest BCUT2D eigenvalue weighted by molar-refractivity contribution is 0.226. The van der Waals surface area contributed by atoms with E-state index in [4.69, 9.17) is 0 Å². The molecule has 0 fully saturated rings. The van der Waals surface area contributed by atoms with Crippen LogP contribution in [0.25, 0.3) is 0 Å². The Morgan fingerprint density at radius 1 is 1.22 bits per heavy atom. The lowest BCUT2D eigenvalue weighted by Crippen LogP contribution is -2.36. The summed E-state index contributed by atoms with van der Waals surface area (Å²) in [5.74, 6) is 0.360. The minimum atomic E-state index is -0.142. The molecule has 0 aromatic heterocycles. The van der Waals surface area contributed by atoms with Gasteiger partial charge in [-0.15, -0.1) is 0 Å². The lowest BCUT2D eigenvalue weighted by atomic mass is 9.77. The van der Waals surface area contributed by atoms with Crippen LogP contribution < -0.4 is 5.32 Å². The Kier molecular flexibility index (Phi) is 5.33. The van der Waals surface area contributed by atoms with Crippen molar-refractivity contribution in [2.24, 2.45) is 11.3 Å². The summed E-state index contributed by atoms with van der Waals surface area (Å²) in [5, 5.41) is 3.49. The van der Waals surface area contributed by atoms with Gasteiger partial charge in [-0.05, 0) is 42.0 Å². The Morgan fingerprint density at radius 2 is 1.89 bits per heavy atom. The number of hydrogen-bond acceptors (Lipinski definition) is 1. The van der Waals surface area contributed by atoms with Crippen LogP contribution in [0.3, 0.4) is 0 Å². The molecule has 1 nitrogen and oxygen atoms in total. The average molecular weight is 251 g/mol. The van der Waals surface area contributed by atoms with Crippen molar-refractivity contribution in [3.05, 3.63) is 35.6 Å². The van der Waals surface area contributed by atoms with E-state index in [1.165, 1.54) is 6.07 Å². The van der Waals surface area contributed by atoms with Crippen molar-refractivity contribution in [3.63, 3.8) is 0 Å². The first-order valence-corrected chi connectivity index (χ1v) is 6.77. The monoisotopic (exact) mass is 251 g/mol. The highest BCUT2D eigenvalue weighted by Gasteiger charge is 2.24. The van der Waals surface area contributed by atoms with Crippen molar-refractivity contribution in [1.82, 2.24) is 5.32 Å². The fourth-order valence-electron chi connectivity index (χ4n) is 2.01. The summed E-state index contributed by atoms with van der Waals surface area (Å²) in [4.78, 5) is 0. The highest BCUT2D eigenvalue weighted by Crippen LogP contribution is 2.28. The quantitative estimate of drug-likeness (QED) is 0.833. The summed E-state index contributed by atoms with van der Waals surface area (Å²) in [6.07, 6.45) is 0.918. The first kappa shape index (κ1) is 15.2. The van der Waals surface area contributed by atoms with Gasteiger partial charge >= 0.3 is 0 Å². The van der Waals surface area contributed by atoms with Crippen LogP contribution in [0.15, 0.2) is 24.3 Å². The fourth-order valence-corrected chi connectivity index (χ4v) is 2.01. The number of benzene rings is 1. The van der Waals surface area contributed by atoms with E-state index in [1.54, 1.807) is 12.1 Å². The maximum absolute atomic E-state index is 13.2. The Morgan fingerprint density at radius 3 is 2.39 bits per heavy atom. The van der Waals surface area contributed by atoms with Gasteiger partial charge in [0.1, 0.15) is 5.82 Å². The van der Waals surface area contributed by atoms with Crippen molar-refractivity contribution in [2.45, 2.75) is 47.1 Å². The molecule has 1 N–H and O–H groups in total. The predicted molar refractivity (Wildman–Crippen MR) is 76.2 cm³/mol. The largest absolute Gasteiger partial charge is 0.314 e. The van der Waals surface area contributed by atoms with Crippen LogP contribution in [0.1, 0.15) is 40.2 Å². The van der Waals surface area contributed by atoms with E-state index in [9.17, 15) is 4.39 Å². The molecular formula is C16H26FN. The summed E-state index contributed by atoms with van der Waals surface area (Å²) in [5.41, 5.74) is 1.30. The predicted octanol–water partition coefficient (Wildman–Crippen LogP) is 4.03. The molecular weight excluding hydrogens is 225 g/mol. The molecule has 0 heterocycles. The summed E-state index contributed by atoms with van der Waals surface area (Å²) < 4.78 is 13.2. The first-order valence-electron chi connectivity index (χ1n) is 6.77. The van der Waals surface area contributed by atoms with Crippen molar-refractivity contribution in [3.8, 4) is 0 Å². The zero-order chi connectivity index (χ0) is 13.8. The molecule has 0 aliphatic carbocycles. The van der Waals surface area contributed by atoms with E-state index in [0.717, 1.165) is 18.5 Å². The SMILES string of the molecule is CC(C)NCC(Cc1cccc(F)c1)C(C)(C)C. The minimum absolute atomic E-state index is 0.142. The van der Waals surface area contributed by atoms with Crippen LogP contribution in [-0.4, -0.2) is 12.6 Å². The van der Waals surface area contributed by atoms with E-state index in [1.807, 2.05) is 6.07 Å². The van der Waals surface area contributed by atoms with Gasteiger partial charge in [-0.25, -0.2) is 4.39 Å². The molecule has 18 heavy (non-hydrogen) atoms. The summed E-state index contributed by atoms with van der Waals surface area (Å²) in [7, 11) is 0. The molecule has 0 saturated heterocycles. The molecule has 102 valence electrons. The highest BCUT2D eigenvalue weighted by atomic mass is 19.1. The van der Waals surface area contributed by atoms with Crippen molar-refractivity contribution < 1.29 is 4.39 Å². The molecule has 0 radical (unpaired) electrons. The maximum atomic E-state index is 13.2. The second-order valence-electron chi connectivity index (χ2n) is 6.46. The third kappa shape index (κ3) is 5.18. The van der Waals surface area contributed by atoms with Crippen LogP contribution in [0, 0.1) is 17.2 Å². The van der Waals surface area contributed by atoms with Crippen LogP contribution >= 0.6 is 0 Å². The molecule has 1 atom stereocenters. The first-order chi connectivity index (χ1) is 8.29. The minimum Gasteiger partial charge on any atom is -0.314 e. The zero-order valence-electron chi connectivity index (χ0n) is 12.3. The molecule has 0 aliphatic heterocycles.